The zero-order valence-corrected chi connectivity index (χ0v) is 13.6. The first kappa shape index (κ1) is 14.9. The molecule has 106 valence electrons. The highest BCUT2D eigenvalue weighted by Gasteiger charge is 2.07. The fourth-order valence-electron chi connectivity index (χ4n) is 2.26. The Balaban J connectivity index is 2.02. The summed E-state index contributed by atoms with van der Waals surface area (Å²) >= 11 is 3.38. The van der Waals surface area contributed by atoms with E-state index < -0.39 is 0 Å². The number of nitrogens with one attached hydrogen (secondary N) is 1. The van der Waals surface area contributed by atoms with Crippen molar-refractivity contribution in [2.75, 3.05) is 19.0 Å². The molecule has 0 atom stereocenters. The molecule has 2 aromatic rings. The minimum absolute atomic E-state index is 0.828. The molecule has 0 unspecified atom stereocenters. The Kier molecular flexibility index (Phi) is 5.01. The summed E-state index contributed by atoms with van der Waals surface area (Å²) in [5.74, 6) is 1.85. The minimum atomic E-state index is 0.828. The van der Waals surface area contributed by atoms with Crippen LogP contribution in [-0.2, 0) is 6.42 Å². The number of rotatable bonds is 5. The van der Waals surface area contributed by atoms with Crippen molar-refractivity contribution in [1.82, 2.24) is 4.98 Å². The number of hydrogen-bond donors (Lipinski definition) is 1. The fourth-order valence-corrected chi connectivity index (χ4v) is 2.49. The van der Waals surface area contributed by atoms with Gasteiger partial charge in [0.05, 0.1) is 7.11 Å². The number of benzene rings is 1. The molecule has 4 heteroatoms. The second-order valence-electron chi connectivity index (χ2n) is 4.80. The van der Waals surface area contributed by atoms with Gasteiger partial charge in [0.25, 0.3) is 0 Å². The van der Waals surface area contributed by atoms with E-state index >= 15 is 0 Å². The van der Waals surface area contributed by atoms with Crippen molar-refractivity contribution in [3.05, 3.63) is 51.6 Å². The first-order chi connectivity index (χ1) is 9.60. The van der Waals surface area contributed by atoms with Gasteiger partial charge in [0.2, 0.25) is 0 Å². The second-order valence-corrected chi connectivity index (χ2v) is 5.72. The average molecular weight is 335 g/mol. The molecule has 1 aromatic heterocycles. The van der Waals surface area contributed by atoms with Gasteiger partial charge in [-0.25, -0.2) is 4.98 Å². The number of aromatic nitrogens is 1. The SMILES string of the molecule is COc1cc(C)cc(C)c1CCNc1ccc(Br)cn1. The Morgan fingerprint density at radius 2 is 2.05 bits per heavy atom. The molecule has 0 saturated carbocycles. The lowest BCUT2D eigenvalue weighted by atomic mass is 10.0. The van der Waals surface area contributed by atoms with Crippen LogP contribution in [0.4, 0.5) is 5.82 Å². The Morgan fingerprint density at radius 1 is 1.25 bits per heavy atom. The summed E-state index contributed by atoms with van der Waals surface area (Å²) in [4.78, 5) is 4.30. The van der Waals surface area contributed by atoms with Crippen molar-refractivity contribution in [3.8, 4) is 5.75 Å². The van der Waals surface area contributed by atoms with Crippen molar-refractivity contribution < 1.29 is 4.74 Å². The first-order valence-electron chi connectivity index (χ1n) is 6.59. The van der Waals surface area contributed by atoms with E-state index in [2.05, 4.69) is 52.2 Å². The van der Waals surface area contributed by atoms with Crippen LogP contribution >= 0.6 is 15.9 Å². The van der Waals surface area contributed by atoms with Gasteiger partial charge >= 0.3 is 0 Å². The third-order valence-electron chi connectivity index (χ3n) is 3.20. The Hall–Kier alpha value is -1.55. The minimum Gasteiger partial charge on any atom is -0.496 e. The normalized spacial score (nSPS) is 10.4. The van der Waals surface area contributed by atoms with Crippen LogP contribution in [0.3, 0.4) is 0 Å². The van der Waals surface area contributed by atoms with Gasteiger partial charge in [-0.05, 0) is 71.1 Å². The number of nitrogens with zero attached hydrogens (tertiary/aromatic N) is 1. The van der Waals surface area contributed by atoms with E-state index in [9.17, 15) is 0 Å². The predicted molar refractivity (Wildman–Crippen MR) is 86.6 cm³/mol. The van der Waals surface area contributed by atoms with Gasteiger partial charge < -0.3 is 10.1 Å². The number of pyridine rings is 1. The molecule has 1 N–H and O–H groups in total. The highest BCUT2D eigenvalue weighted by molar-refractivity contribution is 9.10. The number of ether oxygens (including phenoxy) is 1. The topological polar surface area (TPSA) is 34.1 Å². The van der Waals surface area contributed by atoms with E-state index in [0.29, 0.717) is 0 Å². The summed E-state index contributed by atoms with van der Waals surface area (Å²) in [5, 5.41) is 3.33. The van der Waals surface area contributed by atoms with Crippen LogP contribution in [0.1, 0.15) is 16.7 Å². The lowest BCUT2D eigenvalue weighted by Crippen LogP contribution is -2.08. The molecule has 1 aromatic carbocycles. The Labute approximate surface area is 128 Å². The Morgan fingerprint density at radius 3 is 2.70 bits per heavy atom. The van der Waals surface area contributed by atoms with Crippen molar-refractivity contribution in [2.45, 2.75) is 20.3 Å². The lowest BCUT2D eigenvalue weighted by Gasteiger charge is -2.13. The maximum Gasteiger partial charge on any atom is 0.125 e. The van der Waals surface area contributed by atoms with Crippen LogP contribution in [0.2, 0.25) is 0 Å². The molecular weight excluding hydrogens is 316 g/mol. The van der Waals surface area contributed by atoms with Crippen molar-refractivity contribution >= 4 is 21.7 Å². The van der Waals surface area contributed by atoms with E-state index in [1.807, 2.05) is 12.1 Å². The average Bonchev–Trinajstić information content (AvgIpc) is 2.42. The monoisotopic (exact) mass is 334 g/mol. The number of halogens is 1. The molecule has 0 saturated heterocycles. The smallest absolute Gasteiger partial charge is 0.125 e. The molecule has 0 bridgehead atoms. The molecule has 0 fully saturated rings. The van der Waals surface area contributed by atoms with Gasteiger partial charge in [0, 0.05) is 17.2 Å². The van der Waals surface area contributed by atoms with E-state index in [1.165, 1.54) is 16.7 Å². The summed E-state index contributed by atoms with van der Waals surface area (Å²) in [5.41, 5.74) is 3.75. The molecule has 20 heavy (non-hydrogen) atoms. The third kappa shape index (κ3) is 3.73. The molecule has 2 rings (SSSR count). The maximum absolute atomic E-state index is 5.48. The van der Waals surface area contributed by atoms with Crippen LogP contribution in [0, 0.1) is 13.8 Å². The van der Waals surface area contributed by atoms with Crippen LogP contribution in [-0.4, -0.2) is 18.6 Å². The lowest BCUT2D eigenvalue weighted by molar-refractivity contribution is 0.409. The number of methoxy groups -OCH3 is 1. The fraction of sp³-hybridized carbons (Fsp3) is 0.312. The van der Waals surface area contributed by atoms with E-state index in [4.69, 9.17) is 4.74 Å². The standard InChI is InChI=1S/C16H19BrN2O/c1-11-8-12(2)14(15(9-11)20-3)6-7-18-16-5-4-13(17)10-19-16/h4-5,8-10H,6-7H2,1-3H3,(H,18,19). The van der Waals surface area contributed by atoms with Gasteiger partial charge in [0.15, 0.2) is 0 Å². The van der Waals surface area contributed by atoms with E-state index in [1.54, 1.807) is 13.3 Å². The summed E-state index contributed by atoms with van der Waals surface area (Å²) < 4.78 is 6.46. The van der Waals surface area contributed by atoms with Crippen LogP contribution in [0.15, 0.2) is 34.9 Å². The highest BCUT2D eigenvalue weighted by Crippen LogP contribution is 2.24. The molecular formula is C16H19BrN2O. The van der Waals surface area contributed by atoms with Crippen molar-refractivity contribution in [3.63, 3.8) is 0 Å². The van der Waals surface area contributed by atoms with Crippen LogP contribution < -0.4 is 10.1 Å². The third-order valence-corrected chi connectivity index (χ3v) is 3.67. The van der Waals surface area contributed by atoms with E-state index in [-0.39, 0.29) is 0 Å². The summed E-state index contributed by atoms with van der Waals surface area (Å²) in [6.45, 7) is 5.04. The first-order valence-corrected chi connectivity index (χ1v) is 7.39. The van der Waals surface area contributed by atoms with Gasteiger partial charge in [-0.2, -0.15) is 0 Å². The van der Waals surface area contributed by atoms with Gasteiger partial charge in [0.1, 0.15) is 11.6 Å². The highest BCUT2D eigenvalue weighted by atomic mass is 79.9. The Bertz CT molecular complexity index is 582. The number of anilines is 1. The van der Waals surface area contributed by atoms with Gasteiger partial charge in [-0.15, -0.1) is 0 Å². The number of hydrogen-bond acceptors (Lipinski definition) is 3. The van der Waals surface area contributed by atoms with Crippen molar-refractivity contribution in [2.24, 2.45) is 0 Å². The molecule has 0 aliphatic carbocycles. The van der Waals surface area contributed by atoms with Crippen LogP contribution in [0.5, 0.6) is 5.75 Å². The summed E-state index contributed by atoms with van der Waals surface area (Å²) in [7, 11) is 1.72. The molecule has 3 nitrogen and oxygen atoms in total. The quantitative estimate of drug-likeness (QED) is 0.892. The summed E-state index contributed by atoms with van der Waals surface area (Å²) in [6, 6.07) is 8.21. The zero-order chi connectivity index (χ0) is 14.5. The van der Waals surface area contributed by atoms with Gasteiger partial charge in [-0.3, -0.25) is 0 Å². The maximum atomic E-state index is 5.48. The molecule has 0 aliphatic heterocycles. The summed E-state index contributed by atoms with van der Waals surface area (Å²) in [6.07, 6.45) is 2.70. The predicted octanol–water partition coefficient (Wildman–Crippen LogP) is 4.12. The molecule has 0 spiro atoms. The molecule has 0 radical (unpaired) electrons. The molecule has 0 aliphatic rings. The van der Waals surface area contributed by atoms with Gasteiger partial charge in [-0.1, -0.05) is 6.07 Å². The van der Waals surface area contributed by atoms with E-state index in [0.717, 1.165) is 29.0 Å². The molecule has 0 amide bonds. The number of aryl methyl sites for hydroxylation is 2. The largest absolute Gasteiger partial charge is 0.496 e. The second kappa shape index (κ2) is 6.75. The zero-order valence-electron chi connectivity index (χ0n) is 12.0. The molecule has 1 heterocycles. The van der Waals surface area contributed by atoms with Crippen LogP contribution in [0.25, 0.3) is 0 Å². The van der Waals surface area contributed by atoms with Crippen molar-refractivity contribution in [1.29, 1.82) is 0 Å².